The zero-order valence-electron chi connectivity index (χ0n) is 11.6. The minimum absolute atomic E-state index is 0.0793. The summed E-state index contributed by atoms with van der Waals surface area (Å²) in [5.74, 6) is 0. The van der Waals surface area contributed by atoms with Crippen LogP contribution in [0.1, 0.15) is 20.3 Å². The maximum Gasteiger partial charge on any atom is 0.287 e. The van der Waals surface area contributed by atoms with E-state index < -0.39 is 0 Å². The number of aryl methyl sites for hydroxylation is 1. The lowest BCUT2D eigenvalue weighted by molar-refractivity contribution is 0.554. The first-order chi connectivity index (χ1) is 9.61. The molecule has 108 valence electrons. The zero-order valence-corrected chi connectivity index (χ0v) is 12.3. The van der Waals surface area contributed by atoms with Crippen molar-refractivity contribution in [1.29, 1.82) is 0 Å². The van der Waals surface area contributed by atoms with Gasteiger partial charge in [-0.15, -0.1) is 0 Å². The van der Waals surface area contributed by atoms with E-state index in [2.05, 4.69) is 15.5 Å². The van der Waals surface area contributed by atoms with E-state index in [0.29, 0.717) is 18.8 Å². The smallest absolute Gasteiger partial charge is 0.287 e. The van der Waals surface area contributed by atoms with Gasteiger partial charge in [-0.05, 0) is 19.4 Å². The molecule has 0 bridgehead atoms. The van der Waals surface area contributed by atoms with Gasteiger partial charge in [0, 0.05) is 25.0 Å². The van der Waals surface area contributed by atoms with Gasteiger partial charge in [-0.25, -0.2) is 4.68 Å². The first kappa shape index (κ1) is 14.6. The number of hydrogen-bond acceptors (Lipinski definition) is 4. The van der Waals surface area contributed by atoms with Gasteiger partial charge in [0.1, 0.15) is 5.02 Å². The lowest BCUT2D eigenvalue weighted by Crippen LogP contribution is -2.27. The molecule has 0 saturated carbocycles. The van der Waals surface area contributed by atoms with Gasteiger partial charge in [-0.2, -0.15) is 10.2 Å². The summed E-state index contributed by atoms with van der Waals surface area (Å²) in [5, 5.41) is 11.6. The third-order valence-corrected chi connectivity index (χ3v) is 3.21. The average Bonchev–Trinajstić information content (AvgIpc) is 2.91. The SMILES string of the molecule is CCCn1ncc(NC(C)Cn2cccn2)c(Cl)c1=O. The van der Waals surface area contributed by atoms with Crippen LogP contribution >= 0.6 is 11.6 Å². The molecule has 0 saturated heterocycles. The fraction of sp³-hybridized carbons (Fsp3) is 0.462. The van der Waals surface area contributed by atoms with Crippen LogP contribution in [0.5, 0.6) is 0 Å². The minimum Gasteiger partial charge on any atom is -0.378 e. The molecule has 2 heterocycles. The van der Waals surface area contributed by atoms with Crippen LogP contribution in [0.15, 0.2) is 29.5 Å². The molecule has 20 heavy (non-hydrogen) atoms. The molecule has 2 aromatic heterocycles. The van der Waals surface area contributed by atoms with E-state index in [4.69, 9.17) is 11.6 Å². The number of halogens is 1. The Labute approximate surface area is 122 Å². The second kappa shape index (κ2) is 6.56. The number of nitrogens with zero attached hydrogens (tertiary/aromatic N) is 4. The van der Waals surface area contributed by atoms with Crippen molar-refractivity contribution >= 4 is 17.3 Å². The summed E-state index contributed by atoms with van der Waals surface area (Å²) in [6.07, 6.45) is 6.05. The molecular weight excluding hydrogens is 278 g/mol. The topological polar surface area (TPSA) is 64.7 Å². The standard InChI is InChI=1S/C13H18ClN5O/c1-3-6-19-13(20)12(14)11(8-16-19)17-10(2)9-18-7-4-5-15-18/h4-5,7-8,10,17H,3,6,9H2,1-2H3. The van der Waals surface area contributed by atoms with E-state index in [0.717, 1.165) is 6.42 Å². The molecule has 0 aliphatic rings. The van der Waals surface area contributed by atoms with E-state index in [1.54, 1.807) is 12.4 Å². The van der Waals surface area contributed by atoms with Crippen LogP contribution in [0.2, 0.25) is 5.02 Å². The second-order valence-electron chi connectivity index (χ2n) is 4.67. The lowest BCUT2D eigenvalue weighted by Gasteiger charge is -2.16. The molecule has 7 heteroatoms. The second-order valence-corrected chi connectivity index (χ2v) is 5.05. The maximum atomic E-state index is 12.0. The van der Waals surface area contributed by atoms with Crippen LogP contribution < -0.4 is 10.9 Å². The van der Waals surface area contributed by atoms with Crippen LogP contribution in [-0.2, 0) is 13.1 Å². The molecule has 0 aliphatic carbocycles. The predicted octanol–water partition coefficient (Wildman–Crippen LogP) is 2.00. The Hall–Kier alpha value is -1.82. The number of nitrogens with one attached hydrogen (secondary N) is 1. The van der Waals surface area contributed by atoms with Crippen molar-refractivity contribution in [2.24, 2.45) is 0 Å². The lowest BCUT2D eigenvalue weighted by atomic mass is 10.3. The highest BCUT2D eigenvalue weighted by molar-refractivity contribution is 6.32. The molecule has 0 spiro atoms. The van der Waals surface area contributed by atoms with Gasteiger partial charge in [-0.3, -0.25) is 9.48 Å². The normalized spacial score (nSPS) is 12.3. The summed E-state index contributed by atoms with van der Waals surface area (Å²) in [6.45, 7) is 5.24. The summed E-state index contributed by atoms with van der Waals surface area (Å²) < 4.78 is 3.20. The van der Waals surface area contributed by atoms with Gasteiger partial charge in [0.05, 0.1) is 18.4 Å². The first-order valence-electron chi connectivity index (χ1n) is 6.61. The van der Waals surface area contributed by atoms with E-state index in [1.165, 1.54) is 4.68 Å². The molecule has 0 aliphatic heterocycles. The van der Waals surface area contributed by atoms with Gasteiger partial charge in [0.15, 0.2) is 0 Å². The monoisotopic (exact) mass is 295 g/mol. The van der Waals surface area contributed by atoms with Gasteiger partial charge in [-0.1, -0.05) is 18.5 Å². The van der Waals surface area contributed by atoms with Gasteiger partial charge < -0.3 is 5.32 Å². The Morgan fingerprint density at radius 3 is 2.90 bits per heavy atom. The Morgan fingerprint density at radius 2 is 2.25 bits per heavy atom. The highest BCUT2D eigenvalue weighted by Crippen LogP contribution is 2.16. The zero-order chi connectivity index (χ0) is 14.5. The fourth-order valence-electron chi connectivity index (χ4n) is 1.94. The highest BCUT2D eigenvalue weighted by Gasteiger charge is 2.11. The molecule has 0 radical (unpaired) electrons. The molecule has 0 aromatic carbocycles. The number of anilines is 1. The summed E-state index contributed by atoms with van der Waals surface area (Å²) in [7, 11) is 0. The maximum absolute atomic E-state index is 12.0. The van der Waals surface area contributed by atoms with Gasteiger partial charge in [0.25, 0.3) is 5.56 Å². The highest BCUT2D eigenvalue weighted by atomic mass is 35.5. The Kier molecular flexibility index (Phi) is 4.79. The molecule has 1 unspecified atom stereocenters. The minimum atomic E-state index is -0.259. The van der Waals surface area contributed by atoms with Gasteiger partial charge in [0.2, 0.25) is 0 Å². The third kappa shape index (κ3) is 3.39. The summed E-state index contributed by atoms with van der Waals surface area (Å²) in [4.78, 5) is 12.0. The Balaban J connectivity index is 2.09. The number of aromatic nitrogens is 4. The van der Waals surface area contributed by atoms with Crippen LogP contribution in [0.4, 0.5) is 5.69 Å². The van der Waals surface area contributed by atoms with E-state index in [-0.39, 0.29) is 16.6 Å². The van der Waals surface area contributed by atoms with Crippen LogP contribution in [0.25, 0.3) is 0 Å². The largest absolute Gasteiger partial charge is 0.378 e. The van der Waals surface area contributed by atoms with E-state index in [1.807, 2.05) is 30.8 Å². The van der Waals surface area contributed by atoms with Crippen molar-refractivity contribution in [3.05, 3.63) is 40.0 Å². The van der Waals surface area contributed by atoms with Crippen molar-refractivity contribution in [2.45, 2.75) is 39.4 Å². The van der Waals surface area contributed by atoms with E-state index in [9.17, 15) is 4.79 Å². The van der Waals surface area contributed by atoms with Crippen LogP contribution in [-0.4, -0.2) is 25.6 Å². The molecule has 1 atom stereocenters. The molecule has 1 N–H and O–H groups in total. The first-order valence-corrected chi connectivity index (χ1v) is 6.99. The van der Waals surface area contributed by atoms with Crippen molar-refractivity contribution in [3.63, 3.8) is 0 Å². The fourth-order valence-corrected chi connectivity index (χ4v) is 2.14. The van der Waals surface area contributed by atoms with Crippen molar-refractivity contribution in [2.75, 3.05) is 5.32 Å². The van der Waals surface area contributed by atoms with Crippen LogP contribution in [0.3, 0.4) is 0 Å². The molecule has 0 fully saturated rings. The number of hydrogen-bond donors (Lipinski definition) is 1. The summed E-state index contributed by atoms with van der Waals surface area (Å²) in [5.41, 5.74) is 0.300. The Morgan fingerprint density at radius 1 is 1.45 bits per heavy atom. The molecule has 6 nitrogen and oxygen atoms in total. The summed E-state index contributed by atoms with van der Waals surface area (Å²) in [6, 6.07) is 1.95. The quantitative estimate of drug-likeness (QED) is 0.885. The molecular formula is C13H18ClN5O. The van der Waals surface area contributed by atoms with Crippen molar-refractivity contribution in [1.82, 2.24) is 19.6 Å². The Bertz CT molecular complexity index is 608. The predicted molar refractivity (Wildman–Crippen MR) is 79.1 cm³/mol. The summed E-state index contributed by atoms with van der Waals surface area (Å²) >= 11 is 6.10. The average molecular weight is 296 g/mol. The van der Waals surface area contributed by atoms with Gasteiger partial charge >= 0.3 is 0 Å². The molecule has 0 amide bonds. The third-order valence-electron chi connectivity index (χ3n) is 2.84. The van der Waals surface area contributed by atoms with Crippen molar-refractivity contribution in [3.8, 4) is 0 Å². The molecule has 2 aromatic rings. The van der Waals surface area contributed by atoms with Crippen molar-refractivity contribution < 1.29 is 0 Å². The number of rotatable bonds is 6. The van der Waals surface area contributed by atoms with Crippen LogP contribution in [0, 0.1) is 0 Å². The molecule has 2 rings (SSSR count). The van der Waals surface area contributed by atoms with E-state index >= 15 is 0 Å².